The van der Waals surface area contributed by atoms with Crippen molar-refractivity contribution >= 4 is 17.6 Å². The van der Waals surface area contributed by atoms with Crippen molar-refractivity contribution in [2.75, 3.05) is 31.6 Å². The van der Waals surface area contributed by atoms with Gasteiger partial charge in [-0.25, -0.2) is 9.78 Å². The molecule has 0 aromatic carbocycles. The summed E-state index contributed by atoms with van der Waals surface area (Å²) in [5.74, 6) is 1.79. The van der Waals surface area contributed by atoms with Gasteiger partial charge in [-0.2, -0.15) is 9.61 Å². The predicted octanol–water partition coefficient (Wildman–Crippen LogP) is 3.26. The lowest BCUT2D eigenvalue weighted by Gasteiger charge is -2.40. The fourth-order valence-electron chi connectivity index (χ4n) is 6.06. The molecule has 4 saturated heterocycles. The second-order valence-corrected chi connectivity index (χ2v) is 10.7. The van der Waals surface area contributed by atoms with Crippen LogP contribution in [-0.2, 0) is 9.47 Å². The molecule has 34 heavy (non-hydrogen) atoms. The van der Waals surface area contributed by atoms with Crippen LogP contribution in [0.25, 0.3) is 5.65 Å². The van der Waals surface area contributed by atoms with E-state index in [1.54, 1.807) is 0 Å². The van der Waals surface area contributed by atoms with E-state index >= 15 is 0 Å². The van der Waals surface area contributed by atoms with Crippen molar-refractivity contribution in [2.45, 2.75) is 88.4 Å². The summed E-state index contributed by atoms with van der Waals surface area (Å²) < 4.78 is 13.3. The monoisotopic (exact) mass is 468 g/mol. The molecule has 2 atom stereocenters. The third-order valence-corrected chi connectivity index (χ3v) is 8.09. The van der Waals surface area contributed by atoms with E-state index in [-0.39, 0.29) is 24.3 Å². The van der Waals surface area contributed by atoms with Gasteiger partial charge in [0.1, 0.15) is 11.9 Å². The maximum atomic E-state index is 12.8. The zero-order valence-corrected chi connectivity index (χ0v) is 20.2. The number of ether oxygens (including phenoxy) is 2. The summed E-state index contributed by atoms with van der Waals surface area (Å²) in [7, 11) is 0. The van der Waals surface area contributed by atoms with E-state index in [2.05, 4.69) is 30.5 Å². The van der Waals surface area contributed by atoms with Gasteiger partial charge in [0.05, 0.1) is 6.20 Å². The zero-order chi connectivity index (χ0) is 23.2. The highest BCUT2D eigenvalue weighted by atomic mass is 16.6. The fraction of sp³-hybridized carbons (Fsp3) is 0.720. The smallest absolute Gasteiger partial charge is 0.410 e. The van der Waals surface area contributed by atoms with Crippen LogP contribution in [0, 0.1) is 0 Å². The average Bonchev–Trinajstić information content (AvgIpc) is 3.36. The number of fused-ring (bicyclic) bond motifs is 3. The van der Waals surface area contributed by atoms with E-state index in [4.69, 9.17) is 19.6 Å². The highest BCUT2D eigenvalue weighted by Crippen LogP contribution is 2.38. The lowest BCUT2D eigenvalue weighted by molar-refractivity contribution is 0.0194. The molecule has 0 spiro atoms. The van der Waals surface area contributed by atoms with Crippen LogP contribution >= 0.6 is 0 Å². The molecule has 2 bridgehead atoms. The lowest BCUT2D eigenvalue weighted by atomic mass is 9.95. The Morgan fingerprint density at radius 3 is 2.56 bits per heavy atom. The predicted molar refractivity (Wildman–Crippen MR) is 128 cm³/mol. The van der Waals surface area contributed by atoms with Crippen molar-refractivity contribution in [3.05, 3.63) is 23.5 Å². The van der Waals surface area contributed by atoms with E-state index < -0.39 is 0 Å². The minimum atomic E-state index is -0.126. The van der Waals surface area contributed by atoms with Gasteiger partial charge in [0.25, 0.3) is 0 Å². The summed E-state index contributed by atoms with van der Waals surface area (Å²) >= 11 is 0. The fourth-order valence-corrected chi connectivity index (χ4v) is 6.06. The van der Waals surface area contributed by atoms with Gasteiger partial charge in [-0.1, -0.05) is 13.8 Å². The number of carbonyl (C=O) groups excluding carboxylic acids is 1. The largest absolute Gasteiger partial charge is 0.443 e. The van der Waals surface area contributed by atoms with Crippen LogP contribution in [0.5, 0.6) is 0 Å². The Morgan fingerprint density at radius 1 is 1.18 bits per heavy atom. The van der Waals surface area contributed by atoms with E-state index in [9.17, 15) is 4.79 Å². The summed E-state index contributed by atoms with van der Waals surface area (Å²) in [4.78, 5) is 19.9. The molecule has 0 saturated carbocycles. The number of nitrogens with zero attached hydrogens (tertiary/aromatic N) is 4. The number of rotatable bonds is 5. The molecule has 2 unspecified atom stereocenters. The van der Waals surface area contributed by atoms with Gasteiger partial charge in [-0.05, 0) is 44.4 Å². The van der Waals surface area contributed by atoms with Gasteiger partial charge in [-0.3, -0.25) is 0 Å². The van der Waals surface area contributed by atoms with E-state index in [1.165, 1.54) is 5.56 Å². The summed E-state index contributed by atoms with van der Waals surface area (Å²) in [6.07, 6.45) is 7.86. The van der Waals surface area contributed by atoms with Crippen molar-refractivity contribution in [3.63, 3.8) is 0 Å². The van der Waals surface area contributed by atoms with Crippen LogP contribution in [0.1, 0.15) is 75.5 Å². The molecule has 0 radical (unpaired) electrons. The Labute approximate surface area is 200 Å². The quantitative estimate of drug-likeness (QED) is 0.696. The number of hydrogen-bond acceptors (Lipinski definition) is 7. The van der Waals surface area contributed by atoms with E-state index in [1.807, 2.05) is 15.6 Å². The average molecular weight is 469 g/mol. The number of nitrogens with one attached hydrogen (secondary N) is 2. The Morgan fingerprint density at radius 2 is 1.91 bits per heavy atom. The van der Waals surface area contributed by atoms with Crippen LogP contribution in [0.15, 0.2) is 12.3 Å². The molecule has 4 fully saturated rings. The minimum absolute atomic E-state index is 0.0337. The summed E-state index contributed by atoms with van der Waals surface area (Å²) in [5.41, 5.74) is 3.28. The molecular formula is C25H36N6O3. The maximum absolute atomic E-state index is 12.8. The molecule has 1 amide bonds. The normalized spacial score (nSPS) is 27.9. The molecule has 2 N–H and O–H groups in total. The van der Waals surface area contributed by atoms with Gasteiger partial charge >= 0.3 is 6.09 Å². The van der Waals surface area contributed by atoms with Crippen LogP contribution in [0.3, 0.4) is 0 Å². The zero-order valence-electron chi connectivity index (χ0n) is 20.2. The standard InChI is InChI=1S/C25H36N6O3/c1-15(2)21-14-27-31-23(11-22(29-24(21)31)16-5-7-33-8-6-16)28-17-9-18-3-4-19(10-17)30(18)25(32)34-20-12-26-13-20/h11,14-20,26,28H,3-10,12-13H2,1-2H3. The number of amides is 1. The van der Waals surface area contributed by atoms with Gasteiger partial charge in [0, 0.05) is 67.7 Å². The first kappa shape index (κ1) is 22.1. The molecule has 6 rings (SSSR count). The molecule has 9 heteroatoms. The first-order chi connectivity index (χ1) is 16.6. The Bertz CT molecular complexity index is 1030. The highest BCUT2D eigenvalue weighted by molar-refractivity contribution is 5.69. The maximum Gasteiger partial charge on any atom is 0.410 e. The van der Waals surface area contributed by atoms with Gasteiger partial charge in [0.2, 0.25) is 0 Å². The van der Waals surface area contributed by atoms with Crippen LogP contribution in [0.4, 0.5) is 10.6 Å². The summed E-state index contributed by atoms with van der Waals surface area (Å²) in [6.45, 7) is 7.53. The van der Waals surface area contributed by atoms with Crippen molar-refractivity contribution in [1.82, 2.24) is 24.8 Å². The van der Waals surface area contributed by atoms with Crippen molar-refractivity contribution in [3.8, 4) is 0 Å². The second-order valence-electron chi connectivity index (χ2n) is 10.7. The third-order valence-electron chi connectivity index (χ3n) is 8.09. The van der Waals surface area contributed by atoms with Crippen LogP contribution in [-0.4, -0.2) is 76.1 Å². The minimum Gasteiger partial charge on any atom is -0.443 e. The molecule has 4 aliphatic heterocycles. The van der Waals surface area contributed by atoms with Gasteiger partial charge in [-0.15, -0.1) is 0 Å². The van der Waals surface area contributed by atoms with E-state index in [0.29, 0.717) is 17.9 Å². The second kappa shape index (κ2) is 9.00. The molecule has 6 heterocycles. The number of carbonyl (C=O) groups is 1. The molecular weight excluding hydrogens is 432 g/mol. The lowest BCUT2D eigenvalue weighted by Crippen LogP contribution is -2.55. The van der Waals surface area contributed by atoms with Gasteiger partial charge < -0.3 is 25.0 Å². The Hall–Kier alpha value is -2.39. The highest BCUT2D eigenvalue weighted by Gasteiger charge is 2.45. The number of hydrogen-bond donors (Lipinski definition) is 2. The molecule has 4 aliphatic rings. The van der Waals surface area contributed by atoms with Crippen LogP contribution in [0.2, 0.25) is 0 Å². The molecule has 184 valence electrons. The summed E-state index contributed by atoms with van der Waals surface area (Å²) in [5, 5.41) is 11.7. The summed E-state index contributed by atoms with van der Waals surface area (Å²) in [6, 6.07) is 2.99. The van der Waals surface area contributed by atoms with Gasteiger partial charge in [0.15, 0.2) is 5.65 Å². The van der Waals surface area contributed by atoms with Crippen molar-refractivity contribution < 1.29 is 14.3 Å². The van der Waals surface area contributed by atoms with Crippen molar-refractivity contribution in [1.29, 1.82) is 0 Å². The molecule has 2 aromatic rings. The first-order valence-electron chi connectivity index (χ1n) is 13.0. The molecule has 9 nitrogen and oxygen atoms in total. The SMILES string of the molecule is CC(C)c1cnn2c(NC3CC4CCC(C3)N4C(=O)OC3CNC3)cc(C3CCOCC3)nc12. The van der Waals surface area contributed by atoms with Crippen molar-refractivity contribution in [2.24, 2.45) is 0 Å². The van der Waals surface area contributed by atoms with E-state index in [0.717, 1.165) is 82.0 Å². The first-order valence-corrected chi connectivity index (χ1v) is 13.0. The Balaban J connectivity index is 1.23. The Kier molecular flexibility index (Phi) is 5.85. The molecule has 0 aliphatic carbocycles. The third kappa shape index (κ3) is 4.02. The molecule has 2 aromatic heterocycles. The number of piperidine rings is 1. The number of aromatic nitrogens is 3. The number of anilines is 1. The van der Waals surface area contributed by atoms with Crippen LogP contribution < -0.4 is 10.6 Å². The topological polar surface area (TPSA) is 93.0 Å².